The van der Waals surface area contributed by atoms with Crippen LogP contribution < -0.4 is 10.6 Å². The molecule has 1 aromatic heterocycles. The van der Waals surface area contributed by atoms with E-state index in [1.807, 2.05) is 0 Å². The highest BCUT2D eigenvalue weighted by atomic mass is 32.1. The van der Waals surface area contributed by atoms with Gasteiger partial charge in [0.15, 0.2) is 5.13 Å². The van der Waals surface area contributed by atoms with Crippen molar-refractivity contribution in [2.75, 3.05) is 11.9 Å². The lowest BCUT2D eigenvalue weighted by Crippen LogP contribution is -2.10. The number of nitrogens with zero attached hydrogens (tertiary/aromatic N) is 2. The molecular formula is C16H21N3S. The lowest BCUT2D eigenvalue weighted by molar-refractivity contribution is 0.971. The van der Waals surface area contributed by atoms with Gasteiger partial charge < -0.3 is 10.6 Å². The summed E-state index contributed by atoms with van der Waals surface area (Å²) in [5.74, 6) is 0.658. The van der Waals surface area contributed by atoms with Crippen LogP contribution in [0.25, 0.3) is 0 Å². The summed E-state index contributed by atoms with van der Waals surface area (Å²) in [4.78, 5) is 8.28. The molecule has 0 atom stereocenters. The van der Waals surface area contributed by atoms with Crippen LogP contribution in [0.3, 0.4) is 0 Å². The first-order chi connectivity index (χ1) is 9.60. The van der Waals surface area contributed by atoms with E-state index >= 15 is 0 Å². The summed E-state index contributed by atoms with van der Waals surface area (Å²) >= 11 is 1.73. The van der Waals surface area contributed by atoms with Crippen LogP contribution in [-0.4, -0.2) is 12.0 Å². The van der Waals surface area contributed by atoms with Gasteiger partial charge in [-0.25, -0.2) is 4.98 Å². The molecule has 0 saturated heterocycles. The summed E-state index contributed by atoms with van der Waals surface area (Å²) in [6, 6.07) is 6.54. The van der Waals surface area contributed by atoms with Crippen LogP contribution >= 0.6 is 11.3 Å². The highest BCUT2D eigenvalue weighted by Crippen LogP contribution is 2.44. The molecule has 0 radical (unpaired) electrons. The Morgan fingerprint density at radius 2 is 2.10 bits per heavy atom. The standard InChI is InChI=1S/C16H21N3S/c1-10-4-7-13(11(2)8-10)19(3)16-18-15(12-5-6-12)14(9-17)20-16/h4,7-8,12H,5-6,9,17H2,1-3H3. The largest absolute Gasteiger partial charge is 0.326 e. The topological polar surface area (TPSA) is 42.2 Å². The van der Waals surface area contributed by atoms with E-state index in [1.54, 1.807) is 11.3 Å². The predicted octanol–water partition coefficient (Wildman–Crippen LogP) is 3.86. The van der Waals surface area contributed by atoms with Gasteiger partial charge in [0, 0.05) is 30.1 Å². The van der Waals surface area contributed by atoms with Crippen LogP contribution in [0.1, 0.15) is 40.5 Å². The number of hydrogen-bond donors (Lipinski definition) is 1. The van der Waals surface area contributed by atoms with Gasteiger partial charge >= 0.3 is 0 Å². The van der Waals surface area contributed by atoms with Gasteiger partial charge in [-0.05, 0) is 38.3 Å². The maximum absolute atomic E-state index is 5.87. The van der Waals surface area contributed by atoms with Crippen molar-refractivity contribution in [1.82, 2.24) is 4.98 Å². The second-order valence-electron chi connectivity index (χ2n) is 5.63. The molecule has 106 valence electrons. The summed E-state index contributed by atoms with van der Waals surface area (Å²) in [5, 5.41) is 1.05. The fourth-order valence-corrected chi connectivity index (χ4v) is 3.60. The van der Waals surface area contributed by atoms with Gasteiger partial charge in [-0.15, -0.1) is 0 Å². The Labute approximate surface area is 124 Å². The summed E-state index contributed by atoms with van der Waals surface area (Å²) in [5.41, 5.74) is 10.9. The van der Waals surface area contributed by atoms with Crippen LogP contribution in [0.15, 0.2) is 18.2 Å². The third-order valence-corrected chi connectivity index (χ3v) is 5.04. The fourth-order valence-electron chi connectivity index (χ4n) is 2.60. The molecule has 1 aromatic carbocycles. The number of benzene rings is 1. The predicted molar refractivity (Wildman–Crippen MR) is 86.0 cm³/mol. The van der Waals surface area contributed by atoms with Crippen molar-refractivity contribution in [3.63, 3.8) is 0 Å². The van der Waals surface area contributed by atoms with E-state index in [0.717, 1.165) is 5.13 Å². The molecule has 2 N–H and O–H groups in total. The molecule has 4 heteroatoms. The van der Waals surface area contributed by atoms with E-state index in [0.29, 0.717) is 12.5 Å². The molecule has 20 heavy (non-hydrogen) atoms. The number of rotatable bonds is 4. The second-order valence-corrected chi connectivity index (χ2v) is 6.69. The van der Waals surface area contributed by atoms with Gasteiger partial charge in [0.05, 0.1) is 5.69 Å². The van der Waals surface area contributed by atoms with E-state index in [-0.39, 0.29) is 0 Å². The zero-order valence-electron chi connectivity index (χ0n) is 12.3. The summed E-state index contributed by atoms with van der Waals surface area (Å²) < 4.78 is 0. The minimum absolute atomic E-state index is 0.601. The van der Waals surface area contributed by atoms with Crippen molar-refractivity contribution in [2.24, 2.45) is 5.73 Å². The van der Waals surface area contributed by atoms with E-state index in [2.05, 4.69) is 44.0 Å². The Balaban J connectivity index is 1.95. The third-order valence-electron chi connectivity index (χ3n) is 3.87. The van der Waals surface area contributed by atoms with Gasteiger partial charge in [0.25, 0.3) is 0 Å². The quantitative estimate of drug-likeness (QED) is 0.928. The van der Waals surface area contributed by atoms with Crippen LogP contribution in [0.5, 0.6) is 0 Å². The molecule has 3 rings (SSSR count). The molecule has 0 unspecified atom stereocenters. The van der Waals surface area contributed by atoms with Gasteiger partial charge in [-0.2, -0.15) is 0 Å². The lowest BCUT2D eigenvalue weighted by Gasteiger charge is -2.18. The molecule has 0 aliphatic heterocycles. The highest BCUT2D eigenvalue weighted by molar-refractivity contribution is 7.15. The van der Waals surface area contributed by atoms with Gasteiger partial charge in [-0.3, -0.25) is 0 Å². The highest BCUT2D eigenvalue weighted by Gasteiger charge is 2.30. The average molecular weight is 287 g/mol. The van der Waals surface area contributed by atoms with Crippen molar-refractivity contribution >= 4 is 22.2 Å². The third kappa shape index (κ3) is 2.45. The van der Waals surface area contributed by atoms with E-state index < -0.39 is 0 Å². The molecular weight excluding hydrogens is 266 g/mol. The first-order valence-corrected chi connectivity index (χ1v) is 7.92. The van der Waals surface area contributed by atoms with Crippen molar-refractivity contribution < 1.29 is 0 Å². The molecule has 0 amide bonds. The molecule has 3 nitrogen and oxygen atoms in total. The van der Waals surface area contributed by atoms with Crippen molar-refractivity contribution in [1.29, 1.82) is 0 Å². The Kier molecular flexibility index (Phi) is 3.52. The fraction of sp³-hybridized carbons (Fsp3) is 0.438. The molecule has 1 saturated carbocycles. The minimum atomic E-state index is 0.601. The Morgan fingerprint density at radius 3 is 2.70 bits per heavy atom. The van der Waals surface area contributed by atoms with Gasteiger partial charge in [-0.1, -0.05) is 29.0 Å². The van der Waals surface area contributed by atoms with Gasteiger partial charge in [0.2, 0.25) is 0 Å². The number of hydrogen-bond acceptors (Lipinski definition) is 4. The zero-order chi connectivity index (χ0) is 14.3. The normalized spacial score (nSPS) is 14.6. The number of nitrogens with two attached hydrogens (primary N) is 1. The van der Waals surface area contributed by atoms with E-state index in [4.69, 9.17) is 10.7 Å². The lowest BCUT2D eigenvalue weighted by atomic mass is 10.1. The summed E-state index contributed by atoms with van der Waals surface area (Å²) in [7, 11) is 2.09. The minimum Gasteiger partial charge on any atom is -0.326 e. The second kappa shape index (κ2) is 5.19. The maximum atomic E-state index is 5.87. The zero-order valence-corrected chi connectivity index (χ0v) is 13.1. The first-order valence-electron chi connectivity index (χ1n) is 7.10. The number of thiazole rings is 1. The van der Waals surface area contributed by atoms with E-state index in [9.17, 15) is 0 Å². The van der Waals surface area contributed by atoms with E-state index in [1.165, 1.54) is 40.2 Å². The Morgan fingerprint density at radius 1 is 1.35 bits per heavy atom. The number of aryl methyl sites for hydroxylation is 2. The SMILES string of the molecule is Cc1ccc(N(C)c2nc(C3CC3)c(CN)s2)c(C)c1. The molecule has 2 aromatic rings. The smallest absolute Gasteiger partial charge is 0.190 e. The molecule has 1 fully saturated rings. The average Bonchev–Trinajstić information content (AvgIpc) is 3.17. The first kappa shape index (κ1) is 13.6. The van der Waals surface area contributed by atoms with Crippen LogP contribution in [0.2, 0.25) is 0 Å². The number of anilines is 2. The van der Waals surface area contributed by atoms with Crippen LogP contribution in [-0.2, 0) is 6.54 Å². The summed E-state index contributed by atoms with van der Waals surface area (Å²) in [6.07, 6.45) is 2.53. The molecule has 1 aliphatic rings. The maximum Gasteiger partial charge on any atom is 0.190 e. The monoisotopic (exact) mass is 287 g/mol. The van der Waals surface area contributed by atoms with Crippen molar-refractivity contribution in [3.8, 4) is 0 Å². The summed E-state index contributed by atoms with van der Waals surface area (Å²) in [6.45, 7) is 4.88. The molecule has 0 bridgehead atoms. The van der Waals surface area contributed by atoms with Crippen LogP contribution in [0, 0.1) is 13.8 Å². The van der Waals surface area contributed by atoms with Gasteiger partial charge in [0.1, 0.15) is 0 Å². The molecule has 1 heterocycles. The number of aromatic nitrogens is 1. The van der Waals surface area contributed by atoms with Crippen molar-refractivity contribution in [2.45, 2.75) is 39.2 Å². The Hall–Kier alpha value is -1.39. The van der Waals surface area contributed by atoms with Crippen molar-refractivity contribution in [3.05, 3.63) is 39.9 Å². The van der Waals surface area contributed by atoms with Crippen LogP contribution in [0.4, 0.5) is 10.8 Å². The molecule has 1 aliphatic carbocycles. The Bertz CT molecular complexity index is 629. The molecule has 0 spiro atoms.